The van der Waals surface area contributed by atoms with Crippen molar-refractivity contribution in [3.8, 4) is 0 Å². The Morgan fingerprint density at radius 2 is 2.20 bits per heavy atom. The van der Waals surface area contributed by atoms with Crippen LogP contribution in [0.15, 0.2) is 18.3 Å². The third-order valence-electron chi connectivity index (χ3n) is 2.49. The Morgan fingerprint density at radius 3 is 2.80 bits per heavy atom. The van der Waals surface area contributed by atoms with Gasteiger partial charge in [0.25, 0.3) is 5.92 Å². The molecule has 5 heteroatoms. The number of hydrogen-bond acceptors (Lipinski definition) is 2. The van der Waals surface area contributed by atoms with E-state index in [-0.39, 0.29) is 19.4 Å². The van der Waals surface area contributed by atoms with Gasteiger partial charge in [-0.15, -0.1) is 0 Å². The van der Waals surface area contributed by atoms with Crippen molar-refractivity contribution in [3.05, 3.63) is 29.8 Å². The van der Waals surface area contributed by atoms with Gasteiger partial charge in [-0.2, -0.15) is 0 Å². The van der Waals surface area contributed by atoms with Crippen LogP contribution in [0.5, 0.6) is 0 Å². The molecule has 82 valence electrons. The zero-order chi connectivity index (χ0) is 10.9. The molecule has 0 aromatic carbocycles. The molecule has 0 amide bonds. The molecule has 1 fully saturated rings. The summed E-state index contributed by atoms with van der Waals surface area (Å²) in [6.45, 7) is 0.261. The van der Waals surface area contributed by atoms with E-state index < -0.39 is 17.8 Å². The molecule has 1 N–H and O–H groups in total. The average molecular weight is 216 g/mol. The molecule has 1 atom stereocenters. The van der Waals surface area contributed by atoms with Gasteiger partial charge in [0, 0.05) is 19.4 Å². The summed E-state index contributed by atoms with van der Waals surface area (Å²) in [4.78, 5) is 3.80. The highest BCUT2D eigenvalue weighted by atomic mass is 19.3. The van der Waals surface area contributed by atoms with Crippen LogP contribution in [0, 0.1) is 5.82 Å². The van der Waals surface area contributed by atoms with Gasteiger partial charge in [0.05, 0.1) is 17.9 Å². The summed E-state index contributed by atoms with van der Waals surface area (Å²) in [5.74, 6) is -3.10. The van der Waals surface area contributed by atoms with Crippen LogP contribution in [-0.4, -0.2) is 17.5 Å². The fourth-order valence-electron chi connectivity index (χ4n) is 1.70. The van der Waals surface area contributed by atoms with Crippen molar-refractivity contribution in [3.63, 3.8) is 0 Å². The minimum atomic E-state index is -2.65. The monoisotopic (exact) mass is 216 g/mol. The first-order valence-electron chi connectivity index (χ1n) is 4.79. The van der Waals surface area contributed by atoms with Crippen LogP contribution in [0.2, 0.25) is 0 Å². The maximum atomic E-state index is 13.1. The molecule has 2 nitrogen and oxygen atoms in total. The first-order valence-corrected chi connectivity index (χ1v) is 4.79. The average Bonchev–Trinajstić information content (AvgIpc) is 2.17. The van der Waals surface area contributed by atoms with Gasteiger partial charge in [-0.25, -0.2) is 13.2 Å². The molecule has 1 aliphatic rings. The lowest BCUT2D eigenvalue weighted by Gasteiger charge is -2.29. The molecule has 2 rings (SSSR count). The summed E-state index contributed by atoms with van der Waals surface area (Å²) in [5, 5.41) is 2.95. The van der Waals surface area contributed by atoms with Crippen LogP contribution in [0.3, 0.4) is 0 Å². The Morgan fingerprint density at radius 1 is 1.40 bits per heavy atom. The Labute approximate surface area is 85.5 Å². The van der Waals surface area contributed by atoms with Crippen LogP contribution in [0.4, 0.5) is 13.2 Å². The fraction of sp³-hybridized carbons (Fsp3) is 0.500. The lowest BCUT2D eigenvalue weighted by Crippen LogP contribution is -2.38. The number of nitrogens with zero attached hydrogens (tertiary/aromatic N) is 1. The molecule has 15 heavy (non-hydrogen) atoms. The first-order chi connectivity index (χ1) is 7.07. The third kappa shape index (κ3) is 2.47. The van der Waals surface area contributed by atoms with Crippen molar-refractivity contribution in [1.82, 2.24) is 10.3 Å². The third-order valence-corrected chi connectivity index (χ3v) is 2.49. The second kappa shape index (κ2) is 3.81. The Bertz CT molecular complexity index is 337. The van der Waals surface area contributed by atoms with E-state index in [0.717, 1.165) is 6.20 Å². The lowest BCUT2D eigenvalue weighted by molar-refractivity contribution is -0.0420. The van der Waals surface area contributed by atoms with Gasteiger partial charge >= 0.3 is 0 Å². The summed E-state index contributed by atoms with van der Waals surface area (Å²) < 4.78 is 38.7. The molecule has 1 aromatic heterocycles. The zero-order valence-corrected chi connectivity index (χ0v) is 8.01. The second-order valence-corrected chi connectivity index (χ2v) is 3.72. The highest BCUT2D eigenvalue weighted by molar-refractivity contribution is 5.11. The van der Waals surface area contributed by atoms with E-state index in [0.29, 0.717) is 5.69 Å². The van der Waals surface area contributed by atoms with Crippen molar-refractivity contribution in [2.45, 2.75) is 24.8 Å². The zero-order valence-electron chi connectivity index (χ0n) is 8.01. The van der Waals surface area contributed by atoms with E-state index in [1.165, 1.54) is 12.1 Å². The Kier molecular flexibility index (Phi) is 2.65. The molecule has 1 unspecified atom stereocenters. The highest BCUT2D eigenvalue weighted by Gasteiger charge is 2.37. The van der Waals surface area contributed by atoms with Crippen molar-refractivity contribution >= 4 is 0 Å². The molecule has 0 aliphatic carbocycles. The van der Waals surface area contributed by atoms with Crippen LogP contribution < -0.4 is 5.32 Å². The molecule has 2 heterocycles. The summed E-state index contributed by atoms with van der Waals surface area (Å²) >= 11 is 0. The molecule has 1 aliphatic heterocycles. The molecule has 1 saturated heterocycles. The minimum absolute atomic E-state index is 0.148. The number of piperidine rings is 1. The summed E-state index contributed by atoms with van der Waals surface area (Å²) in [6, 6.07) is 2.19. The van der Waals surface area contributed by atoms with E-state index in [9.17, 15) is 13.2 Å². The fourth-order valence-corrected chi connectivity index (χ4v) is 1.70. The SMILES string of the molecule is Fc1ccc(C2CC(F)(F)CCN2)nc1. The molecule has 0 spiro atoms. The number of hydrogen-bond donors (Lipinski definition) is 1. The molecule has 0 bridgehead atoms. The lowest BCUT2D eigenvalue weighted by atomic mass is 9.98. The summed E-state index contributed by atoms with van der Waals surface area (Å²) in [7, 11) is 0. The van der Waals surface area contributed by atoms with Crippen LogP contribution in [-0.2, 0) is 0 Å². The van der Waals surface area contributed by atoms with Gasteiger partial charge in [0.15, 0.2) is 0 Å². The van der Waals surface area contributed by atoms with Crippen molar-refractivity contribution < 1.29 is 13.2 Å². The predicted octanol–water partition coefficient (Wildman–Crippen LogP) is 2.28. The number of nitrogens with one attached hydrogen (secondary N) is 1. The molecular formula is C10H11F3N2. The second-order valence-electron chi connectivity index (χ2n) is 3.72. The molecule has 0 saturated carbocycles. The van der Waals surface area contributed by atoms with Crippen molar-refractivity contribution in [2.24, 2.45) is 0 Å². The smallest absolute Gasteiger partial charge is 0.251 e. The van der Waals surface area contributed by atoms with E-state index in [1.807, 2.05) is 0 Å². The number of rotatable bonds is 1. The maximum Gasteiger partial charge on any atom is 0.251 e. The van der Waals surface area contributed by atoms with E-state index in [1.54, 1.807) is 0 Å². The first kappa shape index (κ1) is 10.4. The number of alkyl halides is 2. The van der Waals surface area contributed by atoms with E-state index in [4.69, 9.17) is 0 Å². The number of halogens is 3. The number of aromatic nitrogens is 1. The Hall–Kier alpha value is -1.10. The van der Waals surface area contributed by atoms with Gasteiger partial charge in [0.1, 0.15) is 5.82 Å². The van der Waals surface area contributed by atoms with Gasteiger partial charge in [0.2, 0.25) is 0 Å². The highest BCUT2D eigenvalue weighted by Crippen LogP contribution is 2.33. The topological polar surface area (TPSA) is 24.9 Å². The minimum Gasteiger partial charge on any atom is -0.308 e. The standard InChI is InChI=1S/C10H11F3N2/c11-7-1-2-8(15-6-7)9-5-10(12,13)3-4-14-9/h1-2,6,9,14H,3-5H2. The van der Waals surface area contributed by atoms with Crippen molar-refractivity contribution in [1.29, 1.82) is 0 Å². The van der Waals surface area contributed by atoms with Gasteiger partial charge < -0.3 is 5.32 Å². The molecule has 0 radical (unpaired) electrons. The van der Waals surface area contributed by atoms with Gasteiger partial charge in [-0.3, -0.25) is 4.98 Å². The maximum absolute atomic E-state index is 13.1. The largest absolute Gasteiger partial charge is 0.308 e. The quantitative estimate of drug-likeness (QED) is 0.779. The number of pyridine rings is 1. The normalized spacial score (nSPS) is 25.1. The molecule has 1 aromatic rings. The summed E-state index contributed by atoms with van der Waals surface area (Å²) in [5.41, 5.74) is 0.468. The Balaban J connectivity index is 2.13. The van der Waals surface area contributed by atoms with Crippen LogP contribution >= 0.6 is 0 Å². The van der Waals surface area contributed by atoms with Gasteiger partial charge in [-0.1, -0.05) is 0 Å². The van der Waals surface area contributed by atoms with E-state index >= 15 is 0 Å². The molecular weight excluding hydrogens is 205 g/mol. The predicted molar refractivity (Wildman–Crippen MR) is 49.1 cm³/mol. The van der Waals surface area contributed by atoms with Crippen molar-refractivity contribution in [2.75, 3.05) is 6.54 Å². The van der Waals surface area contributed by atoms with E-state index in [2.05, 4.69) is 10.3 Å². The van der Waals surface area contributed by atoms with Crippen LogP contribution in [0.25, 0.3) is 0 Å². The summed E-state index contributed by atoms with van der Waals surface area (Å²) in [6.07, 6.45) is 0.625. The van der Waals surface area contributed by atoms with Crippen LogP contribution in [0.1, 0.15) is 24.6 Å². The van der Waals surface area contributed by atoms with Gasteiger partial charge in [-0.05, 0) is 12.1 Å².